The molecule has 0 bridgehead atoms. The van der Waals surface area contributed by atoms with Gasteiger partial charge < -0.3 is 20.5 Å². The molecule has 0 unspecified atom stereocenters. The van der Waals surface area contributed by atoms with Gasteiger partial charge in [0.1, 0.15) is 24.0 Å². The van der Waals surface area contributed by atoms with Gasteiger partial charge in [-0.1, -0.05) is 6.07 Å². The summed E-state index contributed by atoms with van der Waals surface area (Å²) in [6.07, 6.45) is 0. The smallest absolute Gasteiger partial charge is 0.218 e. The number of rotatable bonds is 6. The molecule has 0 fully saturated rings. The Balaban J connectivity index is 1.82. The predicted octanol–water partition coefficient (Wildman–Crippen LogP) is 1.87. The van der Waals surface area contributed by atoms with Gasteiger partial charge in [-0.05, 0) is 19.1 Å². The number of anilines is 2. The number of aryl methyl sites for hydroxylation is 1. The molecule has 3 N–H and O–H groups in total. The third-order valence-electron chi connectivity index (χ3n) is 2.56. The van der Waals surface area contributed by atoms with Gasteiger partial charge >= 0.3 is 0 Å². The van der Waals surface area contributed by atoms with Crippen LogP contribution in [-0.4, -0.2) is 30.2 Å². The van der Waals surface area contributed by atoms with Gasteiger partial charge in [-0.3, -0.25) is 0 Å². The molecule has 0 spiro atoms. The number of benzene rings is 1. The molecule has 106 valence electrons. The number of hydrogen-bond acceptors (Lipinski definition) is 6. The third-order valence-corrected chi connectivity index (χ3v) is 2.56. The molecule has 0 radical (unpaired) electrons. The van der Waals surface area contributed by atoms with Gasteiger partial charge in [-0.15, -0.1) is 0 Å². The highest BCUT2D eigenvalue weighted by atomic mass is 16.5. The van der Waals surface area contributed by atoms with E-state index in [1.54, 1.807) is 19.2 Å². The van der Waals surface area contributed by atoms with Crippen molar-refractivity contribution in [1.29, 1.82) is 0 Å². The SMILES string of the molecule is COc1cc(NCCOc2cccc(N)c2)nc(C)n1. The Labute approximate surface area is 118 Å². The Morgan fingerprint density at radius 3 is 2.85 bits per heavy atom. The highest BCUT2D eigenvalue weighted by Gasteiger charge is 2.01. The molecule has 20 heavy (non-hydrogen) atoms. The van der Waals surface area contributed by atoms with Crippen LogP contribution in [0, 0.1) is 6.92 Å². The molecule has 0 aliphatic heterocycles. The number of nitrogen functional groups attached to an aromatic ring is 1. The van der Waals surface area contributed by atoms with Crippen molar-refractivity contribution in [1.82, 2.24) is 9.97 Å². The van der Waals surface area contributed by atoms with E-state index in [2.05, 4.69) is 15.3 Å². The lowest BCUT2D eigenvalue weighted by molar-refractivity contribution is 0.333. The second-order valence-corrected chi connectivity index (χ2v) is 4.19. The Morgan fingerprint density at radius 1 is 1.25 bits per heavy atom. The zero-order chi connectivity index (χ0) is 14.4. The summed E-state index contributed by atoms with van der Waals surface area (Å²) in [4.78, 5) is 8.38. The van der Waals surface area contributed by atoms with Crippen LogP contribution >= 0.6 is 0 Å². The van der Waals surface area contributed by atoms with Gasteiger partial charge in [-0.2, -0.15) is 4.98 Å². The number of methoxy groups -OCH3 is 1. The minimum Gasteiger partial charge on any atom is -0.492 e. The first-order valence-electron chi connectivity index (χ1n) is 6.29. The summed E-state index contributed by atoms with van der Waals surface area (Å²) < 4.78 is 10.7. The van der Waals surface area contributed by atoms with E-state index in [9.17, 15) is 0 Å². The molecule has 2 rings (SSSR count). The average molecular weight is 274 g/mol. The van der Waals surface area contributed by atoms with Gasteiger partial charge in [-0.25, -0.2) is 4.98 Å². The van der Waals surface area contributed by atoms with Crippen LogP contribution in [-0.2, 0) is 0 Å². The van der Waals surface area contributed by atoms with Crippen molar-refractivity contribution in [3.05, 3.63) is 36.2 Å². The second-order valence-electron chi connectivity index (χ2n) is 4.19. The number of nitrogens with two attached hydrogens (primary N) is 1. The van der Waals surface area contributed by atoms with Gasteiger partial charge in [0, 0.05) is 17.8 Å². The van der Waals surface area contributed by atoms with Crippen LogP contribution in [0.1, 0.15) is 5.82 Å². The number of aromatic nitrogens is 2. The zero-order valence-electron chi connectivity index (χ0n) is 11.6. The van der Waals surface area contributed by atoms with Crippen molar-refractivity contribution < 1.29 is 9.47 Å². The molecule has 6 nitrogen and oxygen atoms in total. The summed E-state index contributed by atoms with van der Waals surface area (Å²) in [7, 11) is 1.58. The Kier molecular flexibility index (Phi) is 4.60. The van der Waals surface area contributed by atoms with Crippen LogP contribution in [0.15, 0.2) is 30.3 Å². The number of ether oxygens (including phenoxy) is 2. The van der Waals surface area contributed by atoms with E-state index >= 15 is 0 Å². The van der Waals surface area contributed by atoms with Crippen molar-refractivity contribution >= 4 is 11.5 Å². The van der Waals surface area contributed by atoms with E-state index in [0.717, 1.165) is 5.75 Å². The van der Waals surface area contributed by atoms with Crippen molar-refractivity contribution in [2.24, 2.45) is 0 Å². The van der Waals surface area contributed by atoms with Gasteiger partial charge in [0.05, 0.1) is 13.7 Å². The molecular formula is C14H18N4O2. The molecule has 1 aromatic heterocycles. The van der Waals surface area contributed by atoms with E-state index in [-0.39, 0.29) is 0 Å². The van der Waals surface area contributed by atoms with Gasteiger partial charge in [0.2, 0.25) is 5.88 Å². The van der Waals surface area contributed by atoms with E-state index < -0.39 is 0 Å². The topological polar surface area (TPSA) is 82.3 Å². The number of hydrogen-bond donors (Lipinski definition) is 2. The lowest BCUT2D eigenvalue weighted by atomic mass is 10.3. The first kappa shape index (κ1) is 13.9. The van der Waals surface area contributed by atoms with Gasteiger partial charge in [0.25, 0.3) is 0 Å². The summed E-state index contributed by atoms with van der Waals surface area (Å²) in [6, 6.07) is 9.08. The predicted molar refractivity (Wildman–Crippen MR) is 78.2 cm³/mol. The maximum absolute atomic E-state index is 5.68. The minimum absolute atomic E-state index is 0.509. The Hall–Kier alpha value is -2.50. The first-order chi connectivity index (χ1) is 9.67. The molecule has 2 aromatic rings. The average Bonchev–Trinajstić information content (AvgIpc) is 2.43. The summed E-state index contributed by atoms with van der Waals surface area (Å²) in [5.74, 6) is 2.66. The molecule has 0 aliphatic rings. The second kappa shape index (κ2) is 6.60. The first-order valence-corrected chi connectivity index (χ1v) is 6.29. The standard InChI is InChI=1S/C14H18N4O2/c1-10-17-13(9-14(18-10)19-2)16-6-7-20-12-5-3-4-11(15)8-12/h3-5,8-9H,6-7,15H2,1-2H3,(H,16,17,18). The van der Waals surface area contributed by atoms with Crippen LogP contribution in [0.3, 0.4) is 0 Å². The van der Waals surface area contributed by atoms with Crippen molar-refractivity contribution in [3.63, 3.8) is 0 Å². The molecular weight excluding hydrogens is 256 g/mol. The van der Waals surface area contributed by atoms with Crippen LogP contribution < -0.4 is 20.5 Å². The quantitative estimate of drug-likeness (QED) is 0.618. The Bertz CT molecular complexity index is 575. The highest BCUT2D eigenvalue weighted by Crippen LogP contribution is 2.15. The number of nitrogens with zero attached hydrogens (tertiary/aromatic N) is 2. The monoisotopic (exact) mass is 274 g/mol. The normalized spacial score (nSPS) is 10.1. The summed E-state index contributed by atoms with van der Waals surface area (Å²) in [6.45, 7) is 2.94. The summed E-state index contributed by atoms with van der Waals surface area (Å²) in [5.41, 5.74) is 6.36. The lowest BCUT2D eigenvalue weighted by Crippen LogP contribution is -2.13. The molecule has 0 aliphatic carbocycles. The highest BCUT2D eigenvalue weighted by molar-refractivity contribution is 5.43. The van der Waals surface area contributed by atoms with Crippen molar-refractivity contribution in [3.8, 4) is 11.6 Å². The fraction of sp³-hybridized carbons (Fsp3) is 0.286. The fourth-order valence-corrected chi connectivity index (χ4v) is 1.69. The van der Waals surface area contributed by atoms with Crippen molar-refractivity contribution in [2.75, 3.05) is 31.3 Å². The lowest BCUT2D eigenvalue weighted by Gasteiger charge is -2.09. The summed E-state index contributed by atoms with van der Waals surface area (Å²) >= 11 is 0. The van der Waals surface area contributed by atoms with Gasteiger partial charge in [0.15, 0.2) is 0 Å². The molecule has 0 saturated heterocycles. The van der Waals surface area contributed by atoms with E-state index in [4.69, 9.17) is 15.2 Å². The zero-order valence-corrected chi connectivity index (χ0v) is 11.6. The third kappa shape index (κ3) is 4.01. The Morgan fingerprint density at radius 2 is 2.10 bits per heavy atom. The van der Waals surface area contributed by atoms with E-state index in [0.29, 0.717) is 36.4 Å². The molecule has 1 heterocycles. The molecule has 0 amide bonds. The summed E-state index contributed by atoms with van der Waals surface area (Å²) in [5, 5.41) is 3.16. The maximum Gasteiger partial charge on any atom is 0.218 e. The molecule has 1 aromatic carbocycles. The largest absolute Gasteiger partial charge is 0.492 e. The van der Waals surface area contributed by atoms with Crippen LogP contribution in [0.4, 0.5) is 11.5 Å². The van der Waals surface area contributed by atoms with Crippen LogP contribution in [0.2, 0.25) is 0 Å². The molecule has 6 heteroatoms. The number of nitrogens with one attached hydrogen (secondary N) is 1. The van der Waals surface area contributed by atoms with Crippen LogP contribution in [0.25, 0.3) is 0 Å². The maximum atomic E-state index is 5.68. The van der Waals surface area contributed by atoms with Crippen molar-refractivity contribution in [2.45, 2.75) is 6.92 Å². The van der Waals surface area contributed by atoms with E-state index in [1.165, 1.54) is 0 Å². The minimum atomic E-state index is 0.509. The molecule has 0 atom stereocenters. The fourth-order valence-electron chi connectivity index (χ4n) is 1.69. The van der Waals surface area contributed by atoms with Crippen LogP contribution in [0.5, 0.6) is 11.6 Å². The molecule has 0 saturated carbocycles. The van der Waals surface area contributed by atoms with E-state index in [1.807, 2.05) is 25.1 Å².